The van der Waals surface area contributed by atoms with Gasteiger partial charge in [0.05, 0.1) is 6.10 Å². The SMILES string of the molecule is CC(C)CN1CCC(NCCCN2CCC(O)CC2)CC1. The Morgan fingerprint density at radius 3 is 2.24 bits per heavy atom. The Kier molecular flexibility index (Phi) is 7.44. The van der Waals surface area contributed by atoms with Gasteiger partial charge in [0.15, 0.2) is 0 Å². The molecule has 0 bridgehead atoms. The molecule has 0 aromatic heterocycles. The van der Waals surface area contributed by atoms with Crippen molar-refractivity contribution in [3.8, 4) is 0 Å². The molecule has 21 heavy (non-hydrogen) atoms. The first-order valence-electron chi connectivity index (χ1n) is 8.99. The van der Waals surface area contributed by atoms with E-state index in [0.29, 0.717) is 0 Å². The fraction of sp³-hybridized carbons (Fsp3) is 1.00. The zero-order valence-corrected chi connectivity index (χ0v) is 14.1. The standard InChI is InChI=1S/C17H35N3O/c1-15(2)14-20-10-4-16(5-11-20)18-8-3-9-19-12-6-17(21)7-13-19/h15-18,21H,3-14H2,1-2H3. The molecule has 2 N–H and O–H groups in total. The zero-order valence-electron chi connectivity index (χ0n) is 14.1. The Balaban J connectivity index is 1.48. The summed E-state index contributed by atoms with van der Waals surface area (Å²) in [7, 11) is 0. The third-order valence-corrected chi connectivity index (χ3v) is 4.85. The summed E-state index contributed by atoms with van der Waals surface area (Å²) < 4.78 is 0. The van der Waals surface area contributed by atoms with Gasteiger partial charge in [0.25, 0.3) is 0 Å². The van der Waals surface area contributed by atoms with Crippen LogP contribution >= 0.6 is 0 Å². The van der Waals surface area contributed by atoms with Gasteiger partial charge in [0.2, 0.25) is 0 Å². The van der Waals surface area contributed by atoms with Crippen LogP contribution in [0.1, 0.15) is 46.0 Å². The van der Waals surface area contributed by atoms with Gasteiger partial charge in [-0.1, -0.05) is 13.8 Å². The van der Waals surface area contributed by atoms with E-state index in [1.807, 2.05) is 0 Å². The molecule has 0 amide bonds. The maximum atomic E-state index is 9.50. The van der Waals surface area contributed by atoms with Crippen LogP contribution in [-0.4, -0.2) is 72.9 Å². The summed E-state index contributed by atoms with van der Waals surface area (Å²) in [4.78, 5) is 5.11. The van der Waals surface area contributed by atoms with Gasteiger partial charge < -0.3 is 20.2 Å². The highest BCUT2D eigenvalue weighted by Crippen LogP contribution is 2.12. The number of nitrogens with zero attached hydrogens (tertiary/aromatic N) is 2. The van der Waals surface area contributed by atoms with Crippen molar-refractivity contribution in [2.75, 3.05) is 45.8 Å². The second-order valence-corrected chi connectivity index (χ2v) is 7.35. The lowest BCUT2D eigenvalue weighted by molar-refractivity contribution is 0.0818. The van der Waals surface area contributed by atoms with E-state index in [-0.39, 0.29) is 6.10 Å². The van der Waals surface area contributed by atoms with Gasteiger partial charge in [-0.15, -0.1) is 0 Å². The molecular weight excluding hydrogens is 262 g/mol. The minimum atomic E-state index is -0.0459. The van der Waals surface area contributed by atoms with Crippen molar-refractivity contribution < 1.29 is 5.11 Å². The third-order valence-electron chi connectivity index (χ3n) is 4.85. The molecule has 0 unspecified atom stereocenters. The van der Waals surface area contributed by atoms with Crippen LogP contribution < -0.4 is 5.32 Å². The lowest BCUT2D eigenvalue weighted by Crippen LogP contribution is -2.44. The number of likely N-dealkylation sites (tertiary alicyclic amines) is 2. The van der Waals surface area contributed by atoms with Crippen molar-refractivity contribution in [3.05, 3.63) is 0 Å². The molecule has 2 heterocycles. The Hall–Kier alpha value is -0.160. The first kappa shape index (κ1) is 17.2. The van der Waals surface area contributed by atoms with E-state index < -0.39 is 0 Å². The number of piperidine rings is 2. The normalized spacial score (nSPS) is 24.0. The average Bonchev–Trinajstić information content (AvgIpc) is 2.46. The molecular formula is C17H35N3O. The molecule has 0 aliphatic carbocycles. The molecule has 4 nitrogen and oxygen atoms in total. The molecule has 2 aliphatic rings. The minimum Gasteiger partial charge on any atom is -0.393 e. The fourth-order valence-corrected chi connectivity index (χ4v) is 3.59. The van der Waals surface area contributed by atoms with Crippen molar-refractivity contribution in [1.82, 2.24) is 15.1 Å². The van der Waals surface area contributed by atoms with Crippen LogP contribution in [0.4, 0.5) is 0 Å². The quantitative estimate of drug-likeness (QED) is 0.699. The Bertz CT molecular complexity index is 269. The molecule has 0 spiro atoms. The lowest BCUT2D eigenvalue weighted by Gasteiger charge is -2.33. The van der Waals surface area contributed by atoms with Crippen LogP contribution in [0, 0.1) is 5.92 Å². The third kappa shape index (κ3) is 6.64. The van der Waals surface area contributed by atoms with Crippen LogP contribution in [0.15, 0.2) is 0 Å². The van der Waals surface area contributed by atoms with Crippen LogP contribution in [-0.2, 0) is 0 Å². The Morgan fingerprint density at radius 1 is 1.00 bits per heavy atom. The van der Waals surface area contributed by atoms with Crippen molar-refractivity contribution in [3.63, 3.8) is 0 Å². The highest BCUT2D eigenvalue weighted by Gasteiger charge is 2.19. The van der Waals surface area contributed by atoms with Gasteiger partial charge in [-0.25, -0.2) is 0 Å². The predicted octanol–water partition coefficient (Wildman–Crippen LogP) is 1.54. The molecule has 0 saturated carbocycles. The van der Waals surface area contributed by atoms with Gasteiger partial charge in [0, 0.05) is 25.7 Å². The first-order valence-corrected chi connectivity index (χ1v) is 8.99. The summed E-state index contributed by atoms with van der Waals surface area (Å²) in [6.45, 7) is 12.9. The van der Waals surface area contributed by atoms with E-state index in [0.717, 1.165) is 44.4 Å². The number of rotatable bonds is 7. The first-order chi connectivity index (χ1) is 10.1. The highest BCUT2D eigenvalue weighted by atomic mass is 16.3. The summed E-state index contributed by atoms with van der Waals surface area (Å²) in [5.74, 6) is 0.789. The molecule has 124 valence electrons. The molecule has 2 aliphatic heterocycles. The smallest absolute Gasteiger partial charge is 0.0564 e. The summed E-state index contributed by atoms with van der Waals surface area (Å²) in [6, 6.07) is 0.733. The lowest BCUT2D eigenvalue weighted by atomic mass is 10.0. The number of aliphatic hydroxyl groups excluding tert-OH is 1. The van der Waals surface area contributed by atoms with Crippen LogP contribution in [0.2, 0.25) is 0 Å². The van der Waals surface area contributed by atoms with Gasteiger partial charge in [0.1, 0.15) is 0 Å². The molecule has 2 saturated heterocycles. The number of aliphatic hydroxyl groups is 1. The van der Waals surface area contributed by atoms with Gasteiger partial charge in [-0.2, -0.15) is 0 Å². The minimum absolute atomic E-state index is 0.0459. The summed E-state index contributed by atoms with van der Waals surface area (Å²) in [6.07, 6.45) is 5.73. The van der Waals surface area contributed by atoms with E-state index in [9.17, 15) is 5.11 Å². The Labute approximate surface area is 130 Å². The molecule has 2 fully saturated rings. The summed E-state index contributed by atoms with van der Waals surface area (Å²) in [5, 5.41) is 13.2. The second kappa shape index (κ2) is 9.09. The monoisotopic (exact) mass is 297 g/mol. The van der Waals surface area contributed by atoms with Crippen LogP contribution in [0.25, 0.3) is 0 Å². The van der Waals surface area contributed by atoms with E-state index >= 15 is 0 Å². The molecule has 0 aromatic carbocycles. The zero-order chi connectivity index (χ0) is 15.1. The average molecular weight is 297 g/mol. The van der Waals surface area contributed by atoms with Gasteiger partial charge >= 0.3 is 0 Å². The molecule has 0 atom stereocenters. The van der Waals surface area contributed by atoms with E-state index in [4.69, 9.17) is 0 Å². The predicted molar refractivity (Wildman–Crippen MR) is 88.6 cm³/mol. The largest absolute Gasteiger partial charge is 0.393 e. The van der Waals surface area contributed by atoms with Crippen molar-refractivity contribution in [1.29, 1.82) is 0 Å². The Morgan fingerprint density at radius 2 is 1.62 bits per heavy atom. The fourth-order valence-electron chi connectivity index (χ4n) is 3.59. The number of hydrogen-bond acceptors (Lipinski definition) is 4. The summed E-state index contributed by atoms with van der Waals surface area (Å²) in [5.41, 5.74) is 0. The van der Waals surface area contributed by atoms with E-state index in [1.165, 1.54) is 45.4 Å². The molecule has 4 heteroatoms. The molecule has 2 rings (SSSR count). The second-order valence-electron chi connectivity index (χ2n) is 7.35. The maximum Gasteiger partial charge on any atom is 0.0564 e. The number of hydrogen-bond donors (Lipinski definition) is 2. The van der Waals surface area contributed by atoms with Crippen molar-refractivity contribution in [2.24, 2.45) is 5.92 Å². The van der Waals surface area contributed by atoms with E-state index in [1.54, 1.807) is 0 Å². The van der Waals surface area contributed by atoms with Crippen molar-refractivity contribution in [2.45, 2.75) is 58.1 Å². The van der Waals surface area contributed by atoms with Crippen LogP contribution in [0.5, 0.6) is 0 Å². The topological polar surface area (TPSA) is 38.7 Å². The van der Waals surface area contributed by atoms with Gasteiger partial charge in [-0.3, -0.25) is 0 Å². The van der Waals surface area contributed by atoms with E-state index in [2.05, 4.69) is 29.0 Å². The van der Waals surface area contributed by atoms with Gasteiger partial charge in [-0.05, 0) is 64.2 Å². The maximum absolute atomic E-state index is 9.50. The molecule has 0 aromatic rings. The number of nitrogens with one attached hydrogen (secondary N) is 1. The van der Waals surface area contributed by atoms with Crippen LogP contribution in [0.3, 0.4) is 0 Å². The summed E-state index contributed by atoms with van der Waals surface area (Å²) >= 11 is 0. The van der Waals surface area contributed by atoms with Crippen molar-refractivity contribution >= 4 is 0 Å². The molecule has 0 radical (unpaired) electrons. The highest BCUT2D eigenvalue weighted by molar-refractivity contribution is 4.78.